The highest BCUT2D eigenvalue weighted by Gasteiger charge is 2.23. The van der Waals surface area contributed by atoms with Crippen molar-refractivity contribution in [2.75, 3.05) is 13.2 Å². The van der Waals surface area contributed by atoms with E-state index in [9.17, 15) is 4.79 Å². The van der Waals surface area contributed by atoms with Crippen LogP contribution in [-0.4, -0.2) is 19.5 Å². The van der Waals surface area contributed by atoms with Crippen LogP contribution in [0.15, 0.2) is 6.07 Å². The largest absolute Gasteiger partial charge is 0.486 e. The lowest BCUT2D eigenvalue weighted by molar-refractivity contribution is -0.108. The zero-order valence-electron chi connectivity index (χ0n) is 10.6. The van der Waals surface area contributed by atoms with Gasteiger partial charge in [0.15, 0.2) is 11.5 Å². The van der Waals surface area contributed by atoms with Crippen LogP contribution in [0.2, 0.25) is 0 Å². The van der Waals surface area contributed by atoms with Crippen LogP contribution in [0.1, 0.15) is 36.0 Å². The summed E-state index contributed by atoms with van der Waals surface area (Å²) >= 11 is 0. The summed E-state index contributed by atoms with van der Waals surface area (Å²) in [5.74, 6) is 1.81. The van der Waals surface area contributed by atoms with Crippen molar-refractivity contribution >= 4 is 6.29 Å². The van der Waals surface area contributed by atoms with E-state index < -0.39 is 0 Å². The molecular formula is C14H18O3. The molecule has 0 aromatic heterocycles. The number of hydrogen-bond acceptors (Lipinski definition) is 3. The van der Waals surface area contributed by atoms with Gasteiger partial charge in [-0.2, -0.15) is 0 Å². The maximum atomic E-state index is 10.7. The van der Waals surface area contributed by atoms with Gasteiger partial charge in [0.05, 0.1) is 0 Å². The number of rotatable bonds is 3. The van der Waals surface area contributed by atoms with E-state index in [1.807, 2.05) is 6.07 Å². The second kappa shape index (κ2) is 4.78. The Labute approximate surface area is 102 Å². The second-order valence-electron chi connectivity index (χ2n) is 4.56. The molecule has 0 aliphatic carbocycles. The molecule has 92 valence electrons. The lowest BCUT2D eigenvalue weighted by atomic mass is 9.90. The highest BCUT2D eigenvalue weighted by Crippen LogP contribution is 2.42. The molecule has 1 aromatic rings. The van der Waals surface area contributed by atoms with Crippen molar-refractivity contribution in [2.24, 2.45) is 0 Å². The number of carbonyl (C=O) groups is 1. The van der Waals surface area contributed by atoms with Crippen molar-refractivity contribution < 1.29 is 14.3 Å². The Morgan fingerprint density at radius 1 is 1.35 bits per heavy atom. The standard InChI is InChI=1S/C14H18O3/c1-9(4-5-15)13-11(3)10(2)8-12-14(13)17-7-6-16-12/h5,8-9H,4,6-7H2,1-3H3. The maximum absolute atomic E-state index is 10.7. The highest BCUT2D eigenvalue weighted by atomic mass is 16.6. The molecule has 0 bridgehead atoms. The van der Waals surface area contributed by atoms with Crippen molar-refractivity contribution in [2.45, 2.75) is 33.1 Å². The summed E-state index contributed by atoms with van der Waals surface area (Å²) < 4.78 is 11.3. The van der Waals surface area contributed by atoms with E-state index in [-0.39, 0.29) is 5.92 Å². The molecule has 0 N–H and O–H groups in total. The molecule has 1 aromatic carbocycles. The number of aryl methyl sites for hydroxylation is 1. The number of benzene rings is 1. The van der Waals surface area contributed by atoms with Crippen LogP contribution in [0, 0.1) is 13.8 Å². The van der Waals surface area contributed by atoms with Crippen molar-refractivity contribution in [3.05, 3.63) is 22.8 Å². The minimum atomic E-state index is 0.169. The van der Waals surface area contributed by atoms with Crippen LogP contribution >= 0.6 is 0 Å². The fourth-order valence-electron chi connectivity index (χ4n) is 2.29. The first-order valence-electron chi connectivity index (χ1n) is 5.98. The molecule has 0 saturated heterocycles. The van der Waals surface area contributed by atoms with Gasteiger partial charge >= 0.3 is 0 Å². The number of aldehydes is 1. The Morgan fingerprint density at radius 2 is 2.06 bits per heavy atom. The summed E-state index contributed by atoms with van der Waals surface area (Å²) in [7, 11) is 0. The fourth-order valence-corrected chi connectivity index (χ4v) is 2.29. The molecule has 0 spiro atoms. The molecule has 1 heterocycles. The van der Waals surface area contributed by atoms with E-state index in [4.69, 9.17) is 9.47 Å². The third-order valence-electron chi connectivity index (χ3n) is 3.34. The van der Waals surface area contributed by atoms with Gasteiger partial charge in [-0.15, -0.1) is 0 Å². The molecule has 0 radical (unpaired) electrons. The summed E-state index contributed by atoms with van der Waals surface area (Å²) in [6, 6.07) is 2.01. The van der Waals surface area contributed by atoms with Gasteiger partial charge in [0, 0.05) is 12.0 Å². The van der Waals surface area contributed by atoms with Crippen LogP contribution < -0.4 is 9.47 Å². The Morgan fingerprint density at radius 3 is 2.76 bits per heavy atom. The molecule has 3 nitrogen and oxygen atoms in total. The molecule has 1 unspecified atom stereocenters. The fraction of sp³-hybridized carbons (Fsp3) is 0.500. The molecular weight excluding hydrogens is 216 g/mol. The quantitative estimate of drug-likeness (QED) is 0.754. The van der Waals surface area contributed by atoms with E-state index >= 15 is 0 Å². The number of fused-ring (bicyclic) bond motifs is 1. The predicted molar refractivity (Wildman–Crippen MR) is 66.0 cm³/mol. The average Bonchev–Trinajstić information content (AvgIpc) is 2.31. The first-order valence-corrected chi connectivity index (χ1v) is 5.98. The van der Waals surface area contributed by atoms with E-state index in [0.29, 0.717) is 19.6 Å². The monoisotopic (exact) mass is 234 g/mol. The Bertz CT molecular complexity index is 438. The van der Waals surface area contributed by atoms with Gasteiger partial charge in [0.25, 0.3) is 0 Å². The van der Waals surface area contributed by atoms with E-state index in [2.05, 4.69) is 20.8 Å². The van der Waals surface area contributed by atoms with Gasteiger partial charge in [-0.3, -0.25) is 0 Å². The Kier molecular flexibility index (Phi) is 3.36. The molecule has 3 heteroatoms. The van der Waals surface area contributed by atoms with Crippen molar-refractivity contribution in [1.29, 1.82) is 0 Å². The highest BCUT2D eigenvalue weighted by molar-refractivity contribution is 5.59. The predicted octanol–water partition coefficient (Wildman–Crippen LogP) is 2.77. The van der Waals surface area contributed by atoms with Gasteiger partial charge in [-0.1, -0.05) is 6.92 Å². The van der Waals surface area contributed by atoms with Gasteiger partial charge in [-0.05, 0) is 37.0 Å². The van der Waals surface area contributed by atoms with Crippen molar-refractivity contribution in [3.8, 4) is 11.5 Å². The topological polar surface area (TPSA) is 35.5 Å². The molecule has 0 saturated carbocycles. The van der Waals surface area contributed by atoms with Crippen LogP contribution in [0.5, 0.6) is 11.5 Å². The summed E-state index contributed by atoms with van der Waals surface area (Å²) in [5, 5.41) is 0. The van der Waals surface area contributed by atoms with Gasteiger partial charge < -0.3 is 14.3 Å². The number of carbonyl (C=O) groups excluding carboxylic acids is 1. The first-order chi connectivity index (χ1) is 8.15. The Balaban J connectivity index is 2.54. The third kappa shape index (κ3) is 2.14. The van der Waals surface area contributed by atoms with Crippen molar-refractivity contribution in [3.63, 3.8) is 0 Å². The summed E-state index contributed by atoms with van der Waals surface area (Å²) in [5.41, 5.74) is 3.50. The van der Waals surface area contributed by atoms with Crippen LogP contribution in [-0.2, 0) is 4.79 Å². The summed E-state index contributed by atoms with van der Waals surface area (Å²) in [6.45, 7) is 7.36. The minimum absolute atomic E-state index is 0.169. The van der Waals surface area contributed by atoms with E-state index in [0.717, 1.165) is 23.3 Å². The smallest absolute Gasteiger partial charge is 0.165 e. The van der Waals surface area contributed by atoms with Gasteiger partial charge in [0.1, 0.15) is 19.5 Å². The molecule has 0 fully saturated rings. The summed E-state index contributed by atoms with van der Waals surface area (Å²) in [6.07, 6.45) is 1.47. The SMILES string of the molecule is Cc1cc2c(c(C(C)CC=O)c1C)OCCO2. The number of hydrogen-bond donors (Lipinski definition) is 0. The van der Waals surface area contributed by atoms with Crippen LogP contribution in [0.4, 0.5) is 0 Å². The third-order valence-corrected chi connectivity index (χ3v) is 3.34. The maximum Gasteiger partial charge on any atom is 0.165 e. The zero-order chi connectivity index (χ0) is 12.4. The molecule has 2 rings (SSSR count). The lowest BCUT2D eigenvalue weighted by Crippen LogP contribution is -2.18. The average molecular weight is 234 g/mol. The van der Waals surface area contributed by atoms with Gasteiger partial charge in [-0.25, -0.2) is 0 Å². The molecule has 1 aliphatic heterocycles. The minimum Gasteiger partial charge on any atom is -0.486 e. The molecule has 1 atom stereocenters. The van der Waals surface area contributed by atoms with Crippen LogP contribution in [0.25, 0.3) is 0 Å². The van der Waals surface area contributed by atoms with Crippen LogP contribution in [0.3, 0.4) is 0 Å². The molecule has 1 aliphatic rings. The first kappa shape index (κ1) is 12.0. The zero-order valence-corrected chi connectivity index (χ0v) is 10.6. The van der Waals surface area contributed by atoms with Crippen molar-refractivity contribution in [1.82, 2.24) is 0 Å². The van der Waals surface area contributed by atoms with E-state index in [1.54, 1.807) is 0 Å². The Hall–Kier alpha value is -1.51. The lowest BCUT2D eigenvalue weighted by Gasteiger charge is -2.26. The van der Waals surface area contributed by atoms with E-state index in [1.165, 1.54) is 11.1 Å². The molecule has 0 amide bonds. The normalized spacial score (nSPS) is 15.5. The molecule has 17 heavy (non-hydrogen) atoms. The van der Waals surface area contributed by atoms with Gasteiger partial charge in [0.2, 0.25) is 0 Å². The number of ether oxygens (including phenoxy) is 2. The second-order valence-corrected chi connectivity index (χ2v) is 4.56. The summed E-state index contributed by atoms with van der Waals surface area (Å²) in [4.78, 5) is 10.7.